The molecule has 0 aliphatic heterocycles. The van der Waals surface area contributed by atoms with Crippen molar-refractivity contribution in [3.05, 3.63) is 59.7 Å². The largest absolute Gasteiger partial charge is 0.367 e. The molecule has 1 aromatic carbocycles. The first-order valence-electron chi connectivity index (χ1n) is 9.41. The van der Waals surface area contributed by atoms with E-state index in [1.807, 2.05) is 24.3 Å². The number of benzene rings is 1. The first kappa shape index (κ1) is 17.4. The lowest BCUT2D eigenvalue weighted by Gasteiger charge is -2.24. The van der Waals surface area contributed by atoms with Crippen LogP contribution < -0.4 is 10.6 Å². The van der Waals surface area contributed by atoms with Crippen LogP contribution in [0.15, 0.2) is 42.9 Å². The minimum Gasteiger partial charge on any atom is -0.367 e. The molecule has 0 saturated heterocycles. The maximum atomic E-state index is 13.1. The SMILES string of the molecule is C[C@H]1CCc2nc3ccccc3c(C(=O)NCCNc3cnccn3)c2C1. The van der Waals surface area contributed by atoms with Gasteiger partial charge in [0, 0.05) is 36.6 Å². The van der Waals surface area contributed by atoms with Gasteiger partial charge in [-0.3, -0.25) is 14.8 Å². The van der Waals surface area contributed by atoms with E-state index in [1.165, 1.54) is 0 Å². The van der Waals surface area contributed by atoms with Crippen molar-refractivity contribution in [1.29, 1.82) is 0 Å². The highest BCUT2D eigenvalue weighted by atomic mass is 16.1. The summed E-state index contributed by atoms with van der Waals surface area (Å²) in [5, 5.41) is 7.14. The van der Waals surface area contributed by atoms with Crippen molar-refractivity contribution in [2.75, 3.05) is 18.4 Å². The second-order valence-electron chi connectivity index (χ2n) is 7.05. The summed E-state index contributed by atoms with van der Waals surface area (Å²) in [7, 11) is 0. The average Bonchev–Trinajstić information content (AvgIpc) is 2.70. The summed E-state index contributed by atoms with van der Waals surface area (Å²) in [5.74, 6) is 1.25. The van der Waals surface area contributed by atoms with Gasteiger partial charge in [0.15, 0.2) is 0 Å². The molecule has 0 saturated carbocycles. The Hall–Kier alpha value is -3.02. The van der Waals surface area contributed by atoms with Gasteiger partial charge in [-0.2, -0.15) is 0 Å². The molecule has 1 amide bonds. The van der Waals surface area contributed by atoms with E-state index in [0.29, 0.717) is 24.8 Å². The van der Waals surface area contributed by atoms with Gasteiger partial charge in [0.1, 0.15) is 5.82 Å². The van der Waals surface area contributed by atoms with Crippen LogP contribution in [0.1, 0.15) is 35.0 Å². The Balaban J connectivity index is 1.54. The number of amides is 1. The van der Waals surface area contributed by atoms with Crippen LogP contribution in [0.25, 0.3) is 10.9 Å². The number of para-hydroxylation sites is 1. The fraction of sp³-hybridized carbons (Fsp3) is 0.333. The first-order chi connectivity index (χ1) is 13.2. The van der Waals surface area contributed by atoms with Crippen LogP contribution >= 0.6 is 0 Å². The van der Waals surface area contributed by atoms with Gasteiger partial charge in [-0.1, -0.05) is 25.1 Å². The van der Waals surface area contributed by atoms with E-state index in [0.717, 1.165) is 47.0 Å². The minimum atomic E-state index is -0.0279. The zero-order valence-electron chi connectivity index (χ0n) is 15.4. The number of hydrogen-bond donors (Lipinski definition) is 2. The number of nitrogens with zero attached hydrogens (tertiary/aromatic N) is 3. The zero-order valence-corrected chi connectivity index (χ0v) is 15.4. The van der Waals surface area contributed by atoms with Gasteiger partial charge in [-0.15, -0.1) is 0 Å². The Bertz CT molecular complexity index is 957. The first-order valence-corrected chi connectivity index (χ1v) is 9.41. The normalized spacial score (nSPS) is 16.0. The number of aryl methyl sites for hydroxylation is 1. The monoisotopic (exact) mass is 361 g/mol. The van der Waals surface area contributed by atoms with Gasteiger partial charge in [0.25, 0.3) is 5.91 Å². The van der Waals surface area contributed by atoms with Crippen LogP contribution in [0.2, 0.25) is 0 Å². The molecule has 0 radical (unpaired) electrons. The number of aromatic nitrogens is 3. The molecule has 1 aliphatic carbocycles. The van der Waals surface area contributed by atoms with E-state index >= 15 is 0 Å². The molecule has 0 spiro atoms. The fourth-order valence-electron chi connectivity index (χ4n) is 3.67. The van der Waals surface area contributed by atoms with Gasteiger partial charge < -0.3 is 10.6 Å². The van der Waals surface area contributed by atoms with Gasteiger partial charge in [0.05, 0.1) is 17.3 Å². The van der Waals surface area contributed by atoms with Gasteiger partial charge in [-0.05, 0) is 36.8 Å². The molecule has 2 heterocycles. The third kappa shape index (κ3) is 3.74. The molecular formula is C21H23N5O. The molecule has 6 nitrogen and oxygen atoms in total. The molecule has 1 aliphatic rings. The molecule has 0 fully saturated rings. The quantitative estimate of drug-likeness (QED) is 0.683. The lowest BCUT2D eigenvalue weighted by Crippen LogP contribution is -2.31. The number of pyridine rings is 1. The summed E-state index contributed by atoms with van der Waals surface area (Å²) in [6, 6.07) is 7.92. The van der Waals surface area contributed by atoms with Crippen LogP contribution in [-0.2, 0) is 12.8 Å². The van der Waals surface area contributed by atoms with E-state index in [2.05, 4.69) is 27.5 Å². The maximum Gasteiger partial charge on any atom is 0.252 e. The summed E-state index contributed by atoms with van der Waals surface area (Å²) in [5.41, 5.74) is 3.89. The third-order valence-electron chi connectivity index (χ3n) is 5.01. The number of hydrogen-bond acceptors (Lipinski definition) is 5. The summed E-state index contributed by atoms with van der Waals surface area (Å²) < 4.78 is 0. The Morgan fingerprint density at radius 2 is 2.11 bits per heavy atom. The molecule has 2 N–H and O–H groups in total. The van der Waals surface area contributed by atoms with Crippen LogP contribution in [0.5, 0.6) is 0 Å². The second kappa shape index (κ2) is 7.70. The number of carbonyl (C=O) groups excluding carboxylic acids is 1. The van der Waals surface area contributed by atoms with Crippen molar-refractivity contribution in [2.45, 2.75) is 26.2 Å². The molecule has 27 heavy (non-hydrogen) atoms. The van der Waals surface area contributed by atoms with Crippen LogP contribution in [0, 0.1) is 5.92 Å². The summed E-state index contributed by atoms with van der Waals surface area (Å²) in [6.07, 6.45) is 7.91. The molecule has 1 atom stereocenters. The van der Waals surface area contributed by atoms with Crippen LogP contribution in [-0.4, -0.2) is 33.9 Å². The van der Waals surface area contributed by atoms with Crippen molar-refractivity contribution in [2.24, 2.45) is 5.92 Å². The lowest BCUT2D eigenvalue weighted by atomic mass is 9.84. The van der Waals surface area contributed by atoms with Crippen molar-refractivity contribution in [3.63, 3.8) is 0 Å². The zero-order chi connectivity index (χ0) is 18.6. The van der Waals surface area contributed by atoms with Gasteiger partial charge >= 0.3 is 0 Å². The van der Waals surface area contributed by atoms with E-state index in [4.69, 9.17) is 4.98 Å². The average molecular weight is 361 g/mol. The number of nitrogens with one attached hydrogen (secondary N) is 2. The molecule has 138 valence electrons. The van der Waals surface area contributed by atoms with Gasteiger partial charge in [-0.25, -0.2) is 4.98 Å². The van der Waals surface area contributed by atoms with E-state index < -0.39 is 0 Å². The van der Waals surface area contributed by atoms with E-state index in [9.17, 15) is 4.79 Å². The van der Waals surface area contributed by atoms with E-state index in [1.54, 1.807) is 18.6 Å². The van der Waals surface area contributed by atoms with Crippen molar-refractivity contribution < 1.29 is 4.79 Å². The number of anilines is 1. The molecular weight excluding hydrogens is 338 g/mol. The summed E-state index contributed by atoms with van der Waals surface area (Å²) in [6.45, 7) is 3.34. The third-order valence-corrected chi connectivity index (χ3v) is 5.01. The van der Waals surface area contributed by atoms with Crippen LogP contribution in [0.3, 0.4) is 0 Å². The summed E-state index contributed by atoms with van der Waals surface area (Å²) >= 11 is 0. The van der Waals surface area contributed by atoms with E-state index in [-0.39, 0.29) is 5.91 Å². The predicted octanol–water partition coefficient (Wildman–Crippen LogP) is 2.99. The molecule has 4 rings (SSSR count). The second-order valence-corrected chi connectivity index (χ2v) is 7.05. The summed E-state index contributed by atoms with van der Waals surface area (Å²) in [4.78, 5) is 26.1. The number of rotatable bonds is 5. The standard InChI is InChI=1S/C21H23N5O/c1-14-6-7-18-16(12-14)20(15-4-2-3-5-17(15)26-18)21(27)25-11-10-24-19-13-22-8-9-23-19/h2-5,8-9,13-14H,6-7,10-12H2,1H3,(H,23,24)(H,25,27)/t14-/m0/s1. The molecule has 0 unspecified atom stereocenters. The van der Waals surface area contributed by atoms with Crippen molar-refractivity contribution >= 4 is 22.6 Å². The lowest BCUT2D eigenvalue weighted by molar-refractivity contribution is 0.0955. The Morgan fingerprint density at radius 1 is 1.22 bits per heavy atom. The molecule has 6 heteroatoms. The highest BCUT2D eigenvalue weighted by molar-refractivity contribution is 6.07. The number of carbonyl (C=O) groups is 1. The highest BCUT2D eigenvalue weighted by Gasteiger charge is 2.25. The van der Waals surface area contributed by atoms with Crippen molar-refractivity contribution in [1.82, 2.24) is 20.3 Å². The van der Waals surface area contributed by atoms with Crippen molar-refractivity contribution in [3.8, 4) is 0 Å². The maximum absolute atomic E-state index is 13.1. The Kier molecular flexibility index (Phi) is 4.96. The Labute approximate surface area is 158 Å². The fourth-order valence-corrected chi connectivity index (χ4v) is 3.67. The molecule has 3 aromatic rings. The number of fused-ring (bicyclic) bond motifs is 2. The molecule has 2 aromatic heterocycles. The predicted molar refractivity (Wildman–Crippen MR) is 106 cm³/mol. The topological polar surface area (TPSA) is 79.8 Å². The Morgan fingerprint density at radius 3 is 2.96 bits per heavy atom. The minimum absolute atomic E-state index is 0.0279. The van der Waals surface area contributed by atoms with Crippen LogP contribution in [0.4, 0.5) is 5.82 Å². The highest BCUT2D eigenvalue weighted by Crippen LogP contribution is 2.31. The van der Waals surface area contributed by atoms with Gasteiger partial charge in [0.2, 0.25) is 0 Å². The smallest absolute Gasteiger partial charge is 0.252 e. The molecule has 0 bridgehead atoms.